The molecule has 9 nitrogen and oxygen atoms in total. The Bertz CT molecular complexity index is 1080. The highest BCUT2D eigenvalue weighted by molar-refractivity contribution is 7.89. The van der Waals surface area contributed by atoms with E-state index in [9.17, 15) is 29.8 Å². The summed E-state index contributed by atoms with van der Waals surface area (Å²) in [4.78, 5) is -2.70. The van der Waals surface area contributed by atoms with Crippen LogP contribution in [0.3, 0.4) is 0 Å². The summed E-state index contributed by atoms with van der Waals surface area (Å²) in [6, 6.07) is 4.29. The predicted octanol–water partition coefficient (Wildman–Crippen LogP) is 0.580. The van der Waals surface area contributed by atoms with Crippen LogP contribution in [0.4, 0.5) is 0 Å². The van der Waals surface area contributed by atoms with Gasteiger partial charge in [-0.05, 0) is 23.6 Å². The van der Waals surface area contributed by atoms with Crippen LogP contribution in [0.2, 0.25) is 0 Å². The molecule has 22 heavy (non-hydrogen) atoms. The Morgan fingerprint density at radius 2 is 1.27 bits per heavy atom. The molecule has 0 aliphatic heterocycles. The van der Waals surface area contributed by atoms with Crippen LogP contribution in [0.5, 0.6) is 0 Å². The highest BCUT2D eigenvalue weighted by atomic mass is 32.2. The topological polar surface area (TPSA) is 163 Å². The summed E-state index contributed by atoms with van der Waals surface area (Å²) in [5, 5.41) is -0.430. The third-order valence-electron chi connectivity index (χ3n) is 2.74. The quantitative estimate of drug-likeness (QED) is 0.657. The molecule has 0 aliphatic carbocycles. The van der Waals surface area contributed by atoms with Crippen molar-refractivity contribution in [2.24, 2.45) is 0 Å². The molecule has 0 fully saturated rings. The first kappa shape index (κ1) is 16.8. The van der Waals surface area contributed by atoms with Crippen molar-refractivity contribution in [3.05, 3.63) is 30.3 Å². The maximum absolute atomic E-state index is 11.4. The van der Waals surface area contributed by atoms with E-state index < -0.39 is 45.0 Å². The molecule has 0 atom stereocenters. The molecule has 2 rings (SSSR count). The van der Waals surface area contributed by atoms with Gasteiger partial charge in [-0.1, -0.05) is 12.1 Å². The molecule has 0 radical (unpaired) electrons. The van der Waals surface area contributed by atoms with Gasteiger partial charge in [0.25, 0.3) is 30.4 Å². The largest absolute Gasteiger partial charge is 0.296 e. The fourth-order valence-corrected chi connectivity index (χ4v) is 4.41. The summed E-state index contributed by atoms with van der Waals surface area (Å²) in [5.74, 6) is 0. The first-order valence-corrected chi connectivity index (χ1v) is 9.63. The van der Waals surface area contributed by atoms with E-state index in [-0.39, 0.29) is 10.8 Å². The zero-order chi connectivity index (χ0) is 16.9. The van der Waals surface area contributed by atoms with Gasteiger partial charge in [0.05, 0.1) is 4.90 Å². The molecule has 0 spiro atoms. The van der Waals surface area contributed by atoms with E-state index in [0.717, 1.165) is 24.3 Å². The van der Waals surface area contributed by atoms with E-state index in [4.69, 9.17) is 9.11 Å². The van der Waals surface area contributed by atoms with Gasteiger partial charge < -0.3 is 0 Å². The number of rotatable bonds is 3. The van der Waals surface area contributed by atoms with Crippen molar-refractivity contribution in [3.8, 4) is 0 Å². The molecule has 0 amide bonds. The predicted molar refractivity (Wildman–Crippen MR) is 73.4 cm³/mol. The molecule has 0 aromatic heterocycles. The van der Waals surface area contributed by atoms with Crippen LogP contribution in [0, 0.1) is 0 Å². The van der Waals surface area contributed by atoms with E-state index in [1.807, 2.05) is 0 Å². The lowest BCUT2D eigenvalue weighted by atomic mass is 10.1. The first-order valence-electron chi connectivity index (χ1n) is 5.31. The van der Waals surface area contributed by atoms with E-state index in [2.05, 4.69) is 0 Å². The minimum Gasteiger partial charge on any atom is -0.282 e. The summed E-state index contributed by atoms with van der Waals surface area (Å²) in [7, 11) is -14.6. The Morgan fingerprint density at radius 1 is 0.682 bits per heavy atom. The molecule has 0 bridgehead atoms. The molecule has 12 heteroatoms. The van der Waals surface area contributed by atoms with Gasteiger partial charge in [0.1, 0.15) is 9.79 Å². The van der Waals surface area contributed by atoms with Gasteiger partial charge in [0.15, 0.2) is 0 Å². The molecular formula is C10H8O9S3. The van der Waals surface area contributed by atoms with Crippen molar-refractivity contribution in [1.82, 2.24) is 0 Å². The molecule has 0 saturated heterocycles. The number of hydrogen-bond acceptors (Lipinski definition) is 6. The molecule has 0 saturated carbocycles. The second-order valence-electron chi connectivity index (χ2n) is 4.20. The van der Waals surface area contributed by atoms with E-state index in [1.165, 1.54) is 0 Å². The molecule has 0 heterocycles. The Hall–Kier alpha value is -1.57. The second kappa shape index (κ2) is 4.97. The van der Waals surface area contributed by atoms with Gasteiger partial charge in [-0.2, -0.15) is 25.3 Å². The van der Waals surface area contributed by atoms with Gasteiger partial charge >= 0.3 is 0 Å². The summed E-state index contributed by atoms with van der Waals surface area (Å²) >= 11 is 0. The average Bonchev–Trinajstić information content (AvgIpc) is 2.33. The average molecular weight is 368 g/mol. The number of benzene rings is 2. The Labute approximate surface area is 125 Å². The first-order chi connectivity index (χ1) is 9.82. The van der Waals surface area contributed by atoms with Gasteiger partial charge in [-0.3, -0.25) is 13.7 Å². The molecule has 2 aromatic rings. The molecule has 3 N–H and O–H groups in total. The van der Waals surface area contributed by atoms with Gasteiger partial charge in [-0.25, -0.2) is 0 Å². The Kier molecular flexibility index (Phi) is 3.80. The van der Waals surface area contributed by atoms with Crippen LogP contribution in [0.25, 0.3) is 10.8 Å². The highest BCUT2D eigenvalue weighted by Crippen LogP contribution is 2.31. The molecule has 0 aliphatic rings. The standard InChI is InChI=1S/C10H8O9S3/c11-20(12,13)7-2-3-8-6(5-7)1-4-9(21(14,15)16)10(8)22(17,18)19/h1-5H,(H,11,12,13)(H,14,15,16)(H,17,18,19). The minimum absolute atomic E-state index is 0.0878. The van der Waals surface area contributed by atoms with Crippen LogP contribution >= 0.6 is 0 Å². The van der Waals surface area contributed by atoms with Crippen LogP contribution in [0.1, 0.15) is 0 Å². The normalized spacial score (nSPS) is 13.4. The van der Waals surface area contributed by atoms with Crippen LogP contribution in [0.15, 0.2) is 45.0 Å². The lowest BCUT2D eigenvalue weighted by Gasteiger charge is -2.09. The Morgan fingerprint density at radius 3 is 1.73 bits per heavy atom. The number of hydrogen-bond donors (Lipinski definition) is 3. The van der Waals surface area contributed by atoms with Gasteiger partial charge in [-0.15, -0.1) is 0 Å². The fourth-order valence-electron chi connectivity index (χ4n) is 1.89. The third kappa shape index (κ3) is 3.11. The van der Waals surface area contributed by atoms with Crippen molar-refractivity contribution < 1.29 is 38.9 Å². The minimum atomic E-state index is -5.04. The van der Waals surface area contributed by atoms with Gasteiger partial charge in [0.2, 0.25) is 0 Å². The lowest BCUT2D eigenvalue weighted by Crippen LogP contribution is -2.09. The maximum Gasteiger partial charge on any atom is 0.296 e. The lowest BCUT2D eigenvalue weighted by molar-refractivity contribution is 0.467. The second-order valence-corrected chi connectivity index (χ2v) is 8.37. The third-order valence-corrected chi connectivity index (χ3v) is 5.57. The number of fused-ring (bicyclic) bond motifs is 1. The summed E-state index contributed by atoms with van der Waals surface area (Å²) in [6.45, 7) is 0. The zero-order valence-electron chi connectivity index (χ0n) is 10.4. The van der Waals surface area contributed by atoms with Crippen molar-refractivity contribution in [3.63, 3.8) is 0 Å². The summed E-state index contributed by atoms with van der Waals surface area (Å²) in [5.41, 5.74) is 0. The van der Waals surface area contributed by atoms with Crippen LogP contribution in [-0.4, -0.2) is 38.9 Å². The molecule has 2 aromatic carbocycles. The van der Waals surface area contributed by atoms with E-state index in [0.29, 0.717) is 6.07 Å². The van der Waals surface area contributed by atoms with Crippen molar-refractivity contribution in [1.29, 1.82) is 0 Å². The van der Waals surface area contributed by atoms with E-state index in [1.54, 1.807) is 0 Å². The summed E-state index contributed by atoms with van der Waals surface area (Å²) < 4.78 is 94.5. The van der Waals surface area contributed by atoms with Crippen LogP contribution in [-0.2, 0) is 30.4 Å². The van der Waals surface area contributed by atoms with E-state index >= 15 is 0 Å². The Balaban J connectivity index is 3.03. The van der Waals surface area contributed by atoms with Crippen molar-refractivity contribution in [2.45, 2.75) is 14.7 Å². The smallest absolute Gasteiger partial charge is 0.282 e. The summed E-state index contributed by atoms with van der Waals surface area (Å²) in [6.07, 6.45) is 0. The molecule has 120 valence electrons. The monoisotopic (exact) mass is 368 g/mol. The maximum atomic E-state index is 11.4. The van der Waals surface area contributed by atoms with Crippen molar-refractivity contribution >= 4 is 41.1 Å². The molecule has 0 unspecified atom stereocenters. The molecular weight excluding hydrogens is 360 g/mol. The fraction of sp³-hybridized carbons (Fsp3) is 0. The SMILES string of the molecule is O=S(=O)(O)c1ccc2c(S(=O)(=O)O)c(S(=O)(=O)O)ccc2c1. The van der Waals surface area contributed by atoms with Crippen LogP contribution < -0.4 is 0 Å². The van der Waals surface area contributed by atoms with Gasteiger partial charge in [0, 0.05) is 5.39 Å². The van der Waals surface area contributed by atoms with Crippen molar-refractivity contribution in [2.75, 3.05) is 0 Å². The zero-order valence-corrected chi connectivity index (χ0v) is 12.9. The highest BCUT2D eigenvalue weighted by Gasteiger charge is 2.27.